The van der Waals surface area contributed by atoms with E-state index in [0.29, 0.717) is 12.6 Å². The van der Waals surface area contributed by atoms with Crippen molar-refractivity contribution in [2.45, 2.75) is 31.7 Å². The van der Waals surface area contributed by atoms with Crippen molar-refractivity contribution in [3.8, 4) is 0 Å². The molecule has 2 fully saturated rings. The molecule has 0 bridgehead atoms. The fourth-order valence-electron chi connectivity index (χ4n) is 2.55. The molecule has 2 aliphatic carbocycles. The van der Waals surface area contributed by atoms with E-state index in [1.54, 1.807) is 18.6 Å². The Balaban J connectivity index is 1.53. The van der Waals surface area contributed by atoms with Crippen LogP contribution in [0.2, 0.25) is 0 Å². The molecule has 2 saturated carbocycles. The number of likely N-dealkylation sites (N-methyl/N-ethyl adjacent to an activating group) is 1. The van der Waals surface area contributed by atoms with E-state index in [0.717, 1.165) is 17.7 Å². The molecule has 1 N–H and O–H groups in total. The van der Waals surface area contributed by atoms with Crippen molar-refractivity contribution in [1.82, 2.24) is 15.3 Å². The van der Waals surface area contributed by atoms with Gasteiger partial charge in [0, 0.05) is 25.5 Å². The number of carbonyl (C=O) groups excluding carboxylic acids is 1. The van der Waals surface area contributed by atoms with Crippen LogP contribution in [0.3, 0.4) is 0 Å². The maximum Gasteiger partial charge on any atom is 0.239 e. The van der Waals surface area contributed by atoms with Gasteiger partial charge < -0.3 is 10.2 Å². The van der Waals surface area contributed by atoms with Gasteiger partial charge in [0.1, 0.15) is 5.82 Å². The number of nitrogens with one attached hydrogen (secondary N) is 1. The number of carbonyl (C=O) groups is 1. The molecule has 2 aliphatic rings. The standard InChI is InChI=1S/C14H20N4O/c1-18(12-8-15-6-7-16-12)9-13(19)17-14(10-2-3-10)11-4-5-11/h6-8,10-11,14H,2-5,9H2,1H3,(H,17,19). The summed E-state index contributed by atoms with van der Waals surface area (Å²) in [7, 11) is 1.87. The van der Waals surface area contributed by atoms with E-state index in [-0.39, 0.29) is 5.91 Å². The largest absolute Gasteiger partial charge is 0.351 e. The summed E-state index contributed by atoms with van der Waals surface area (Å²) in [6, 6.07) is 0.419. The van der Waals surface area contributed by atoms with Crippen LogP contribution < -0.4 is 10.2 Å². The molecule has 0 atom stereocenters. The molecule has 5 nitrogen and oxygen atoms in total. The van der Waals surface area contributed by atoms with Gasteiger partial charge in [-0.3, -0.25) is 9.78 Å². The number of hydrogen-bond acceptors (Lipinski definition) is 4. The third-order valence-corrected chi connectivity index (χ3v) is 3.91. The van der Waals surface area contributed by atoms with Crippen LogP contribution in [0.1, 0.15) is 25.7 Å². The van der Waals surface area contributed by atoms with Crippen LogP contribution in [0.15, 0.2) is 18.6 Å². The lowest BCUT2D eigenvalue weighted by Gasteiger charge is -2.21. The number of amides is 1. The van der Waals surface area contributed by atoms with Crippen molar-refractivity contribution in [2.75, 3.05) is 18.5 Å². The third-order valence-electron chi connectivity index (χ3n) is 3.91. The Morgan fingerprint density at radius 2 is 2.05 bits per heavy atom. The van der Waals surface area contributed by atoms with E-state index in [2.05, 4.69) is 15.3 Å². The maximum absolute atomic E-state index is 12.1. The van der Waals surface area contributed by atoms with Gasteiger partial charge in [-0.15, -0.1) is 0 Å². The minimum atomic E-state index is 0.0944. The number of nitrogens with zero attached hydrogens (tertiary/aromatic N) is 3. The van der Waals surface area contributed by atoms with Crippen LogP contribution in [-0.4, -0.2) is 35.5 Å². The normalized spacial score (nSPS) is 18.4. The average Bonchev–Trinajstić information content (AvgIpc) is 3.30. The van der Waals surface area contributed by atoms with Crippen molar-refractivity contribution in [1.29, 1.82) is 0 Å². The maximum atomic E-state index is 12.1. The number of aromatic nitrogens is 2. The van der Waals surface area contributed by atoms with Gasteiger partial charge >= 0.3 is 0 Å². The Hall–Kier alpha value is -1.65. The summed E-state index contributed by atoms with van der Waals surface area (Å²) in [5.74, 6) is 2.29. The molecule has 1 aromatic heterocycles. The molecule has 1 amide bonds. The minimum Gasteiger partial charge on any atom is -0.351 e. The topological polar surface area (TPSA) is 58.1 Å². The quantitative estimate of drug-likeness (QED) is 0.835. The molecule has 1 aromatic rings. The molecule has 0 saturated heterocycles. The van der Waals surface area contributed by atoms with E-state index in [9.17, 15) is 4.79 Å². The predicted molar refractivity (Wildman–Crippen MR) is 72.7 cm³/mol. The molecule has 3 rings (SSSR count). The van der Waals surface area contributed by atoms with Gasteiger partial charge in [-0.2, -0.15) is 0 Å². The first-order chi connectivity index (χ1) is 9.24. The zero-order chi connectivity index (χ0) is 13.2. The second-order valence-electron chi connectivity index (χ2n) is 5.69. The highest BCUT2D eigenvalue weighted by atomic mass is 16.2. The number of hydrogen-bond donors (Lipinski definition) is 1. The fraction of sp³-hybridized carbons (Fsp3) is 0.643. The zero-order valence-corrected chi connectivity index (χ0v) is 11.2. The smallest absolute Gasteiger partial charge is 0.239 e. The first-order valence-corrected chi connectivity index (χ1v) is 7.00. The van der Waals surface area contributed by atoms with Gasteiger partial charge in [0.25, 0.3) is 0 Å². The summed E-state index contributed by atoms with van der Waals surface area (Å²) < 4.78 is 0. The highest BCUT2D eigenvalue weighted by Crippen LogP contribution is 2.44. The summed E-state index contributed by atoms with van der Waals surface area (Å²) in [5, 5.41) is 3.21. The molecule has 0 aliphatic heterocycles. The van der Waals surface area contributed by atoms with Crippen molar-refractivity contribution in [2.24, 2.45) is 11.8 Å². The van der Waals surface area contributed by atoms with E-state index in [4.69, 9.17) is 0 Å². The second kappa shape index (κ2) is 5.15. The van der Waals surface area contributed by atoms with Gasteiger partial charge in [0.15, 0.2) is 0 Å². The predicted octanol–water partition coefficient (Wildman–Crippen LogP) is 1.22. The van der Waals surface area contributed by atoms with Crippen molar-refractivity contribution < 1.29 is 4.79 Å². The lowest BCUT2D eigenvalue weighted by Crippen LogP contribution is -2.43. The van der Waals surface area contributed by atoms with Crippen LogP contribution in [-0.2, 0) is 4.79 Å². The minimum absolute atomic E-state index is 0.0944. The van der Waals surface area contributed by atoms with Crippen molar-refractivity contribution in [3.63, 3.8) is 0 Å². The zero-order valence-electron chi connectivity index (χ0n) is 11.2. The SMILES string of the molecule is CN(CC(=O)NC(C1CC1)C1CC1)c1cnccn1. The monoisotopic (exact) mass is 260 g/mol. The first-order valence-electron chi connectivity index (χ1n) is 7.00. The first kappa shape index (κ1) is 12.4. The molecule has 1 heterocycles. The Morgan fingerprint density at radius 1 is 1.37 bits per heavy atom. The molecule has 0 radical (unpaired) electrons. The Morgan fingerprint density at radius 3 is 2.58 bits per heavy atom. The van der Waals surface area contributed by atoms with Crippen LogP contribution in [0.25, 0.3) is 0 Å². The van der Waals surface area contributed by atoms with Crippen LogP contribution in [0.5, 0.6) is 0 Å². The van der Waals surface area contributed by atoms with Crippen LogP contribution in [0, 0.1) is 11.8 Å². The molecule has 0 unspecified atom stereocenters. The van der Waals surface area contributed by atoms with Crippen molar-refractivity contribution >= 4 is 11.7 Å². The van der Waals surface area contributed by atoms with E-state index < -0.39 is 0 Å². The number of anilines is 1. The lowest BCUT2D eigenvalue weighted by molar-refractivity contribution is -0.120. The third kappa shape index (κ3) is 3.22. The highest BCUT2D eigenvalue weighted by Gasteiger charge is 2.42. The highest BCUT2D eigenvalue weighted by molar-refractivity contribution is 5.81. The summed E-state index contributed by atoms with van der Waals surface area (Å²) in [6.45, 7) is 0.342. The Kier molecular flexibility index (Phi) is 3.36. The van der Waals surface area contributed by atoms with E-state index in [1.165, 1.54) is 25.7 Å². The van der Waals surface area contributed by atoms with Crippen LogP contribution in [0.4, 0.5) is 5.82 Å². The summed E-state index contributed by atoms with van der Waals surface area (Å²) in [4.78, 5) is 22.1. The fourth-order valence-corrected chi connectivity index (χ4v) is 2.55. The molecule has 102 valence electrons. The molecular formula is C14H20N4O. The van der Waals surface area contributed by atoms with Gasteiger partial charge in [0.2, 0.25) is 5.91 Å². The molecule has 19 heavy (non-hydrogen) atoms. The molecule has 0 aromatic carbocycles. The summed E-state index contributed by atoms with van der Waals surface area (Å²) in [5.41, 5.74) is 0. The second-order valence-corrected chi connectivity index (χ2v) is 5.69. The Bertz CT molecular complexity index is 430. The molecular weight excluding hydrogens is 240 g/mol. The van der Waals surface area contributed by atoms with Crippen LogP contribution >= 0.6 is 0 Å². The van der Waals surface area contributed by atoms with Gasteiger partial charge in [-0.05, 0) is 37.5 Å². The van der Waals surface area contributed by atoms with Gasteiger partial charge in [-0.1, -0.05) is 0 Å². The molecule has 5 heteroatoms. The lowest BCUT2D eigenvalue weighted by atomic mass is 10.1. The van der Waals surface area contributed by atoms with Crippen molar-refractivity contribution in [3.05, 3.63) is 18.6 Å². The average molecular weight is 260 g/mol. The van der Waals surface area contributed by atoms with E-state index >= 15 is 0 Å². The van der Waals surface area contributed by atoms with Gasteiger partial charge in [-0.25, -0.2) is 4.98 Å². The Labute approximate surface area is 113 Å². The summed E-state index contributed by atoms with van der Waals surface area (Å²) >= 11 is 0. The number of rotatable bonds is 6. The van der Waals surface area contributed by atoms with Gasteiger partial charge in [0.05, 0.1) is 12.7 Å². The molecule has 0 spiro atoms. The summed E-state index contributed by atoms with van der Waals surface area (Å²) in [6.07, 6.45) is 10.1. The van der Waals surface area contributed by atoms with E-state index in [1.807, 2.05) is 11.9 Å².